The lowest BCUT2D eigenvalue weighted by molar-refractivity contribution is 0.203. The topological polar surface area (TPSA) is 29.3 Å². The van der Waals surface area contributed by atoms with Crippen molar-refractivity contribution in [3.8, 4) is 0 Å². The molecule has 0 unspecified atom stereocenters. The molecule has 1 fully saturated rings. The molecule has 0 aliphatic heterocycles. The second-order valence-electron chi connectivity index (χ2n) is 5.58. The Bertz CT molecular complexity index is 399. The van der Waals surface area contributed by atoms with Gasteiger partial charge in [0.25, 0.3) is 0 Å². The molecule has 100 valence electrons. The molecule has 0 bridgehead atoms. The average Bonchev–Trinajstić information content (AvgIpc) is 3.14. The van der Waals surface area contributed by atoms with Gasteiger partial charge < -0.3 is 5.73 Å². The maximum atomic E-state index is 13.2. The van der Waals surface area contributed by atoms with Gasteiger partial charge in [-0.2, -0.15) is 0 Å². The molecule has 0 saturated heterocycles. The normalized spacial score (nSPS) is 15.7. The molecule has 0 amide bonds. The van der Waals surface area contributed by atoms with Gasteiger partial charge in [0.15, 0.2) is 0 Å². The number of halogens is 1. The van der Waals surface area contributed by atoms with Gasteiger partial charge in [0, 0.05) is 25.7 Å². The van der Waals surface area contributed by atoms with E-state index in [0.717, 1.165) is 30.1 Å². The zero-order chi connectivity index (χ0) is 13.1. The lowest BCUT2D eigenvalue weighted by atomic mass is 10.1. The van der Waals surface area contributed by atoms with E-state index in [1.165, 1.54) is 18.9 Å². The lowest BCUT2D eigenvalue weighted by Crippen LogP contribution is -2.32. The summed E-state index contributed by atoms with van der Waals surface area (Å²) in [5.41, 5.74) is 7.79. The van der Waals surface area contributed by atoms with Crippen LogP contribution in [0.25, 0.3) is 0 Å². The van der Waals surface area contributed by atoms with E-state index in [9.17, 15) is 4.39 Å². The molecule has 18 heavy (non-hydrogen) atoms. The molecule has 1 aliphatic carbocycles. The van der Waals surface area contributed by atoms with Gasteiger partial charge in [-0.05, 0) is 55.9 Å². The van der Waals surface area contributed by atoms with Crippen molar-refractivity contribution in [3.05, 3.63) is 35.1 Å². The van der Waals surface area contributed by atoms with Gasteiger partial charge in [0.2, 0.25) is 0 Å². The molecule has 1 aromatic carbocycles. The summed E-state index contributed by atoms with van der Waals surface area (Å²) in [4.78, 5) is 2.46. The van der Waals surface area contributed by atoms with Crippen molar-refractivity contribution in [2.75, 3.05) is 6.54 Å². The molecule has 1 saturated carbocycles. The van der Waals surface area contributed by atoms with Gasteiger partial charge >= 0.3 is 0 Å². The Morgan fingerprint density at radius 3 is 2.61 bits per heavy atom. The predicted molar refractivity (Wildman–Crippen MR) is 72.6 cm³/mol. The predicted octanol–water partition coefficient (Wildman–Crippen LogP) is 2.90. The Kier molecular flexibility index (Phi) is 4.36. The molecule has 1 aliphatic rings. The van der Waals surface area contributed by atoms with Crippen LogP contribution in [0.15, 0.2) is 18.2 Å². The molecule has 0 spiro atoms. The van der Waals surface area contributed by atoms with Crippen LogP contribution in [0.4, 0.5) is 4.39 Å². The van der Waals surface area contributed by atoms with Crippen LogP contribution in [0.5, 0.6) is 0 Å². The molecule has 2 nitrogen and oxygen atoms in total. The first-order valence-corrected chi connectivity index (χ1v) is 6.81. The quantitative estimate of drug-likeness (QED) is 0.841. The first kappa shape index (κ1) is 13.5. The molecule has 2 N–H and O–H groups in total. The van der Waals surface area contributed by atoms with E-state index in [2.05, 4.69) is 18.7 Å². The molecule has 0 heterocycles. The molecular formula is C15H23FN2. The van der Waals surface area contributed by atoms with Gasteiger partial charge in [-0.3, -0.25) is 4.90 Å². The largest absolute Gasteiger partial charge is 0.326 e. The summed E-state index contributed by atoms with van der Waals surface area (Å²) in [5.74, 6) is 0.673. The van der Waals surface area contributed by atoms with Crippen LogP contribution in [-0.4, -0.2) is 17.5 Å². The number of nitrogens with two attached hydrogens (primary N) is 1. The molecule has 3 heteroatoms. The van der Waals surface area contributed by atoms with Gasteiger partial charge in [-0.1, -0.05) is 6.07 Å². The van der Waals surface area contributed by atoms with Gasteiger partial charge in [0.05, 0.1) is 0 Å². The lowest BCUT2D eigenvalue weighted by Gasteiger charge is -2.27. The fourth-order valence-corrected chi connectivity index (χ4v) is 2.25. The Morgan fingerprint density at radius 1 is 1.33 bits per heavy atom. The summed E-state index contributed by atoms with van der Waals surface area (Å²) >= 11 is 0. The minimum Gasteiger partial charge on any atom is -0.326 e. The minimum absolute atomic E-state index is 0.197. The molecule has 1 aromatic rings. The van der Waals surface area contributed by atoms with E-state index >= 15 is 0 Å². The summed E-state index contributed by atoms with van der Waals surface area (Å²) in [6.07, 6.45) is 2.72. The van der Waals surface area contributed by atoms with Crippen LogP contribution in [0.3, 0.4) is 0 Å². The second-order valence-corrected chi connectivity index (χ2v) is 5.58. The van der Waals surface area contributed by atoms with Crippen LogP contribution in [0, 0.1) is 11.7 Å². The Morgan fingerprint density at radius 2 is 2.06 bits per heavy atom. The standard InChI is InChI=1S/C15H23FN2/c1-11(2)18(9-12-3-4-12)10-13-5-6-15(16)7-14(13)8-17/h5-7,11-12H,3-4,8-10,17H2,1-2H3. The van der Waals surface area contributed by atoms with Crippen LogP contribution >= 0.6 is 0 Å². The molecule has 0 atom stereocenters. The summed E-state index contributed by atoms with van der Waals surface area (Å²) in [5, 5.41) is 0. The first-order valence-electron chi connectivity index (χ1n) is 6.81. The van der Waals surface area contributed by atoms with E-state index < -0.39 is 0 Å². The van der Waals surface area contributed by atoms with E-state index in [1.54, 1.807) is 6.07 Å². The number of rotatable bonds is 6. The van der Waals surface area contributed by atoms with E-state index in [1.807, 2.05) is 6.07 Å². The van der Waals surface area contributed by atoms with Crippen LogP contribution in [0.1, 0.15) is 37.8 Å². The first-order chi connectivity index (χ1) is 8.60. The molecular weight excluding hydrogens is 227 g/mol. The van der Waals surface area contributed by atoms with E-state index in [0.29, 0.717) is 12.6 Å². The third kappa shape index (κ3) is 3.53. The van der Waals surface area contributed by atoms with Crippen molar-refractivity contribution < 1.29 is 4.39 Å². The summed E-state index contributed by atoms with van der Waals surface area (Å²) in [6, 6.07) is 5.48. The Hall–Kier alpha value is -0.930. The summed E-state index contributed by atoms with van der Waals surface area (Å²) in [6.45, 7) is 6.87. The maximum absolute atomic E-state index is 13.2. The highest BCUT2D eigenvalue weighted by Gasteiger charge is 2.25. The van der Waals surface area contributed by atoms with Crippen molar-refractivity contribution in [1.29, 1.82) is 0 Å². The maximum Gasteiger partial charge on any atom is 0.123 e. The number of hydrogen-bond donors (Lipinski definition) is 1. The molecule has 2 rings (SSSR count). The van der Waals surface area contributed by atoms with Crippen molar-refractivity contribution in [2.24, 2.45) is 11.7 Å². The van der Waals surface area contributed by atoms with Crippen LogP contribution < -0.4 is 5.73 Å². The van der Waals surface area contributed by atoms with Gasteiger partial charge in [-0.15, -0.1) is 0 Å². The third-order valence-electron chi connectivity index (χ3n) is 3.68. The number of nitrogens with zero attached hydrogens (tertiary/aromatic N) is 1. The van der Waals surface area contributed by atoms with Gasteiger partial charge in [0.1, 0.15) is 5.82 Å². The third-order valence-corrected chi connectivity index (χ3v) is 3.68. The molecule has 0 aromatic heterocycles. The highest BCUT2D eigenvalue weighted by atomic mass is 19.1. The fourth-order valence-electron chi connectivity index (χ4n) is 2.25. The number of benzene rings is 1. The van der Waals surface area contributed by atoms with Crippen molar-refractivity contribution in [1.82, 2.24) is 4.90 Å². The zero-order valence-corrected chi connectivity index (χ0v) is 11.3. The van der Waals surface area contributed by atoms with E-state index in [-0.39, 0.29) is 5.82 Å². The zero-order valence-electron chi connectivity index (χ0n) is 11.3. The molecule has 0 radical (unpaired) electrons. The Balaban J connectivity index is 2.09. The van der Waals surface area contributed by atoms with Crippen LogP contribution in [0.2, 0.25) is 0 Å². The fraction of sp³-hybridized carbons (Fsp3) is 0.600. The van der Waals surface area contributed by atoms with Crippen LogP contribution in [-0.2, 0) is 13.1 Å². The second kappa shape index (κ2) is 5.81. The highest BCUT2D eigenvalue weighted by molar-refractivity contribution is 5.27. The minimum atomic E-state index is -0.197. The Labute approximate surface area is 109 Å². The summed E-state index contributed by atoms with van der Waals surface area (Å²) < 4.78 is 13.2. The van der Waals surface area contributed by atoms with Crippen molar-refractivity contribution >= 4 is 0 Å². The monoisotopic (exact) mass is 250 g/mol. The van der Waals surface area contributed by atoms with Gasteiger partial charge in [-0.25, -0.2) is 4.39 Å². The highest BCUT2D eigenvalue weighted by Crippen LogP contribution is 2.31. The smallest absolute Gasteiger partial charge is 0.123 e. The summed E-state index contributed by atoms with van der Waals surface area (Å²) in [7, 11) is 0. The SMILES string of the molecule is CC(C)N(Cc1ccc(F)cc1CN)CC1CC1. The number of hydrogen-bond acceptors (Lipinski definition) is 2. The van der Waals surface area contributed by atoms with Crippen molar-refractivity contribution in [2.45, 2.75) is 45.8 Å². The average molecular weight is 250 g/mol. The van der Waals surface area contributed by atoms with E-state index in [4.69, 9.17) is 5.73 Å². The van der Waals surface area contributed by atoms with Crippen molar-refractivity contribution in [3.63, 3.8) is 0 Å².